The van der Waals surface area contributed by atoms with E-state index in [0.29, 0.717) is 5.08 Å². The highest BCUT2D eigenvalue weighted by atomic mass is 32.3. The van der Waals surface area contributed by atoms with E-state index < -0.39 is 90.9 Å². The van der Waals surface area contributed by atoms with Gasteiger partial charge in [0.1, 0.15) is 33.6 Å². The second kappa shape index (κ2) is 73.8. The number of sulfone groups is 3. The molecule has 0 heterocycles. The molecule has 0 aliphatic carbocycles. The first-order valence-electron chi connectivity index (χ1n) is 20.0. The molecule has 20 nitrogen and oxygen atoms in total. The van der Waals surface area contributed by atoms with E-state index >= 15 is 0 Å². The van der Waals surface area contributed by atoms with Gasteiger partial charge in [-0.25, -0.2) is 25.3 Å². The molecular weight excluding hydrogens is 1100 g/mol. The molecule has 2 atom stereocenters. The molecule has 0 fully saturated rings. The van der Waals surface area contributed by atoms with Gasteiger partial charge in [0, 0.05) is 101 Å². The largest absolute Gasteiger partial charge is 0.469 e. The molecule has 0 aromatic heterocycles. The highest BCUT2D eigenvalue weighted by Gasteiger charge is 2.11. The molecule has 430 valence electrons. The molecule has 0 saturated carbocycles. The topological polar surface area (TPSA) is 310 Å². The van der Waals surface area contributed by atoms with Crippen molar-refractivity contribution in [3.63, 3.8) is 0 Å². The minimum Gasteiger partial charge on any atom is -0.469 e. The number of ketones is 3. The summed E-state index contributed by atoms with van der Waals surface area (Å²) in [6, 6.07) is 0. The van der Waals surface area contributed by atoms with Crippen LogP contribution < -0.4 is 0 Å². The van der Waals surface area contributed by atoms with Gasteiger partial charge >= 0.3 is 23.9 Å². The average molecular weight is 1190 g/mol. The van der Waals surface area contributed by atoms with Crippen molar-refractivity contribution in [1.82, 2.24) is 0 Å². The van der Waals surface area contributed by atoms with Crippen LogP contribution in [0, 0.1) is 0 Å². The highest BCUT2D eigenvalue weighted by molar-refractivity contribution is 8.15. The van der Waals surface area contributed by atoms with Crippen LogP contribution in [0.5, 0.6) is 0 Å². The minimum absolute atomic E-state index is 0.0625. The number of hydrogen-bond donors (Lipinski definition) is 0. The van der Waals surface area contributed by atoms with Gasteiger partial charge in [0.25, 0.3) is 0 Å². The Balaban J connectivity index is -0.0000000533. The number of unbranched alkanes of at least 4 members (excludes halogenated alkanes) is 2. The fourth-order valence-electron chi connectivity index (χ4n) is 1.90. The van der Waals surface area contributed by atoms with Crippen LogP contribution in [-0.2, 0) is 114 Å². The molecule has 0 bridgehead atoms. The van der Waals surface area contributed by atoms with Gasteiger partial charge in [-0.2, -0.15) is 35.3 Å². The van der Waals surface area contributed by atoms with E-state index in [-0.39, 0.29) is 37.0 Å². The molecule has 0 aliphatic heterocycles. The molecule has 2 unspecified atom stereocenters. The standard InChI is InChI=1S/2C5H8O4.C5H8O2.C5H12.C3H8O4S2.C3H8O2S2.C3H6O.C3H8S2.C3H8.C2H6O2S.C2H6OS.C2H6S/c1-8-4(6)3-5(7)9-2;1-4(6)8-3-9-5(2)7;1-4(6)3-5(2)7;1-3-5-4-2;1-8(4,5)3-9(2,6)7;1-6(4)3-7(2)5;1-3(2)4;1-4-3-5-2;1-3-2;1-5(2,3)4;1-4(2)3;1-3-2/h2*3H2,1-2H3;3H2,1-2H3;3-5H2,1-2H3;3H2,1-2H3;3H2,1-2H3;1-2H3;3H2,1-2H3;3H2,1-2H3;1-2H3;1-2H3;1-2H3. The summed E-state index contributed by atoms with van der Waals surface area (Å²) in [6.45, 7) is 16.7. The number of rotatable bonds is 14. The second-order valence-electron chi connectivity index (χ2n) is 13.5. The lowest BCUT2D eigenvalue weighted by molar-refractivity contribution is -0.164. The van der Waals surface area contributed by atoms with Crippen LogP contribution in [0.4, 0.5) is 0 Å². The Kier molecular flexibility index (Phi) is 103. The molecule has 29 heteroatoms. The number of methoxy groups -OCH3 is 2. The Morgan fingerprint density at radius 3 is 0.814 bits per heavy atom. The Morgan fingerprint density at radius 2 is 0.757 bits per heavy atom. The van der Waals surface area contributed by atoms with Gasteiger partial charge in [-0.05, 0) is 52.7 Å². The van der Waals surface area contributed by atoms with E-state index in [1.807, 2.05) is 36.0 Å². The van der Waals surface area contributed by atoms with Gasteiger partial charge in [0.05, 0.1) is 25.7 Å². The van der Waals surface area contributed by atoms with E-state index in [1.165, 1.54) is 86.5 Å². The number of thioether (sulfide) groups is 3. The zero-order chi connectivity index (χ0) is 59.3. The molecule has 0 rings (SSSR count). The summed E-state index contributed by atoms with van der Waals surface area (Å²) >= 11 is 5.48. The van der Waals surface area contributed by atoms with Crippen molar-refractivity contribution in [3.8, 4) is 0 Å². The molecule has 0 amide bonds. The lowest BCUT2D eigenvalue weighted by Gasteiger charge is -1.99. The second-order valence-corrected chi connectivity index (χ2v) is 28.1. The Bertz CT molecular complexity index is 1520. The normalized spacial score (nSPS) is 9.96. The molecular formula is C41H92O20S9. The third kappa shape index (κ3) is 308. The first-order chi connectivity index (χ1) is 31.4. The SMILES string of the molecule is CC(=O)CC(C)=O.CC(=O)OCOC(C)=O.CC(C)=O.CCC.CCCCC.COC(=O)CC(=O)OC.CS(=O)(=O)CS(C)(=O)=O.CS(=O)CS(C)=O.CS(C)(=O)=O.CS(C)=O.CSC.CSCSC. The van der Waals surface area contributed by atoms with Crippen LogP contribution in [0.1, 0.15) is 108 Å². The maximum absolute atomic E-state index is 10.3. The molecule has 0 radical (unpaired) electrons. The van der Waals surface area contributed by atoms with Crippen molar-refractivity contribution in [2.24, 2.45) is 0 Å². The Labute approximate surface area is 444 Å². The van der Waals surface area contributed by atoms with Crippen molar-refractivity contribution in [3.05, 3.63) is 0 Å². The minimum atomic E-state index is -3.37. The van der Waals surface area contributed by atoms with Gasteiger partial charge in [-0.3, -0.25) is 41.4 Å². The molecule has 70 heavy (non-hydrogen) atoms. The zero-order valence-corrected chi connectivity index (χ0v) is 53.8. The van der Waals surface area contributed by atoms with Crippen molar-refractivity contribution in [2.45, 2.75) is 108 Å². The van der Waals surface area contributed by atoms with Crippen molar-refractivity contribution < 1.29 is 90.4 Å². The van der Waals surface area contributed by atoms with Gasteiger partial charge in [-0.1, -0.05) is 53.4 Å². The molecule has 0 aliphatic rings. The van der Waals surface area contributed by atoms with E-state index in [1.54, 1.807) is 36.8 Å². The van der Waals surface area contributed by atoms with Crippen LogP contribution in [0.25, 0.3) is 0 Å². The summed E-state index contributed by atoms with van der Waals surface area (Å²) in [4.78, 5) is 70.1. The summed E-state index contributed by atoms with van der Waals surface area (Å²) in [7, 11) is -9.38. The molecule has 0 aromatic carbocycles. The number of ether oxygens (including phenoxy) is 4. The number of carbonyl (C=O) groups excluding carboxylic acids is 7. The van der Waals surface area contributed by atoms with Gasteiger partial charge in [0.2, 0.25) is 6.79 Å². The van der Waals surface area contributed by atoms with Crippen molar-refractivity contribution in [2.75, 3.05) is 111 Å². The lowest BCUT2D eigenvalue weighted by Crippen LogP contribution is -2.12. The lowest BCUT2D eigenvalue weighted by atomic mass is 10.2. The third-order valence-corrected chi connectivity index (χ3v) is 11.4. The van der Waals surface area contributed by atoms with E-state index in [9.17, 15) is 71.4 Å². The molecule has 0 N–H and O–H groups in total. The van der Waals surface area contributed by atoms with Crippen LogP contribution in [0.3, 0.4) is 0 Å². The van der Waals surface area contributed by atoms with E-state index in [0.717, 1.165) is 25.0 Å². The molecule has 0 saturated heterocycles. The molecule has 0 spiro atoms. The number of hydrogen-bond acceptors (Lipinski definition) is 23. The fourth-order valence-corrected chi connectivity index (χ4v) is 7.83. The summed E-state index contributed by atoms with van der Waals surface area (Å²) in [5.41, 5.74) is 0. The van der Waals surface area contributed by atoms with Crippen LogP contribution in [0.2, 0.25) is 0 Å². The highest BCUT2D eigenvalue weighted by Crippen LogP contribution is 2.01. The summed E-state index contributed by atoms with van der Waals surface area (Å²) in [5.74, 6) is -2.05. The number of Topliss-reactive ketones (excluding diaryl/α,β-unsaturated/α-hetero) is 3. The number of esters is 4. The van der Waals surface area contributed by atoms with Crippen molar-refractivity contribution >= 4 is 138 Å². The summed E-state index contributed by atoms with van der Waals surface area (Å²) in [5, 5.41) is 0.764. The fraction of sp³-hybridized carbons (Fsp3) is 0.829. The van der Waals surface area contributed by atoms with E-state index in [4.69, 9.17) is 0 Å². The summed E-state index contributed by atoms with van der Waals surface area (Å²) < 4.78 is 107. The quantitative estimate of drug-likeness (QED) is 0.0885. The van der Waals surface area contributed by atoms with Crippen LogP contribution in [0.15, 0.2) is 0 Å². The first kappa shape index (κ1) is 97.5. The predicted molar refractivity (Wildman–Crippen MR) is 300 cm³/mol. The predicted octanol–water partition coefficient (Wildman–Crippen LogP) is 5.59. The van der Waals surface area contributed by atoms with Crippen molar-refractivity contribution in [1.29, 1.82) is 0 Å². The maximum Gasteiger partial charge on any atom is 0.316 e. The smallest absolute Gasteiger partial charge is 0.316 e. The van der Waals surface area contributed by atoms with Crippen LogP contribution in [-0.4, -0.2) is 190 Å². The number of carbonyl (C=O) groups is 7. The van der Waals surface area contributed by atoms with Gasteiger partial charge < -0.3 is 23.7 Å². The van der Waals surface area contributed by atoms with Gasteiger partial charge in [0.15, 0.2) is 24.8 Å². The molecule has 0 aromatic rings. The zero-order valence-electron chi connectivity index (χ0n) is 46.4. The summed E-state index contributed by atoms with van der Waals surface area (Å²) in [6.07, 6.45) is 23.8. The van der Waals surface area contributed by atoms with Gasteiger partial charge in [-0.15, -0.1) is 0 Å². The average Bonchev–Trinajstić information content (AvgIpc) is 3.10. The van der Waals surface area contributed by atoms with E-state index in [2.05, 4.69) is 59.2 Å². The first-order valence-corrected chi connectivity index (χ1v) is 36.3. The Morgan fingerprint density at radius 1 is 0.529 bits per heavy atom. The Hall–Kier alpha value is -1.76. The monoisotopic (exact) mass is 1190 g/mol. The van der Waals surface area contributed by atoms with Crippen LogP contribution >= 0.6 is 35.3 Å². The maximum atomic E-state index is 10.3. The third-order valence-electron chi connectivity index (χ3n) is 3.47.